The summed E-state index contributed by atoms with van der Waals surface area (Å²) in [4.78, 5) is 6.67. The highest BCUT2D eigenvalue weighted by atomic mass is 19.1. The fraction of sp³-hybridized carbons (Fsp3) is 0.407. The molecule has 1 saturated heterocycles. The number of nitrogens with two attached hydrogens (primary N) is 1. The number of fused-ring (bicyclic) bond motifs is 1. The highest BCUT2D eigenvalue weighted by Gasteiger charge is 2.85. The van der Waals surface area contributed by atoms with E-state index in [9.17, 15) is 9.50 Å². The molecule has 3 fully saturated rings. The molecule has 2 saturated carbocycles. The maximum Gasteiger partial charge on any atom is 0.166 e. The van der Waals surface area contributed by atoms with E-state index in [1.165, 1.54) is 0 Å². The average Bonchev–Trinajstić information content (AvgIpc) is 3.65. The molecule has 35 heavy (non-hydrogen) atoms. The van der Waals surface area contributed by atoms with E-state index >= 15 is 0 Å². The van der Waals surface area contributed by atoms with E-state index in [1.807, 2.05) is 36.5 Å². The molecule has 3 heterocycles. The molecule has 2 aliphatic carbocycles. The standard InChI is InChI=1S/C27H28FN5O2/c1-32-9-6-21(7-10-32)33-15-20(14-31-33)19-12-22(26(29)30-13-19)35-16-18-4-2-3-17(11-18)5-8-27(34)23-24(27)25(23)28/h2-4,11-15,21,23-25,34H,6-7,9-10,16H2,1H3,(H2,29,30). The first-order valence-electron chi connectivity index (χ1n) is 12.0. The van der Waals surface area contributed by atoms with Gasteiger partial charge in [0.25, 0.3) is 0 Å². The molecule has 2 aromatic heterocycles. The molecule has 3 aliphatic rings. The predicted octanol–water partition coefficient (Wildman–Crippen LogP) is 3.05. The van der Waals surface area contributed by atoms with E-state index in [2.05, 4.69) is 44.7 Å². The molecule has 2 unspecified atom stereocenters. The SMILES string of the molecule is CN1CCC(n2cc(-c3cnc(N)c(OCc4cccc(C#CC5(O)C6C(F)C65)c4)c3)cn2)CC1. The number of ether oxygens (including phenoxy) is 1. The van der Waals surface area contributed by atoms with Gasteiger partial charge >= 0.3 is 0 Å². The minimum atomic E-state index is -1.13. The number of aliphatic hydroxyl groups is 1. The molecule has 3 aromatic rings. The van der Waals surface area contributed by atoms with Gasteiger partial charge in [-0.15, -0.1) is 0 Å². The number of nitrogens with zero attached hydrogens (tertiary/aromatic N) is 4. The zero-order valence-corrected chi connectivity index (χ0v) is 19.6. The summed E-state index contributed by atoms with van der Waals surface area (Å²) in [6, 6.07) is 9.89. The number of rotatable bonds is 5. The molecule has 0 spiro atoms. The number of halogens is 1. The van der Waals surface area contributed by atoms with Crippen molar-refractivity contribution in [2.75, 3.05) is 25.9 Å². The lowest BCUT2D eigenvalue weighted by Gasteiger charge is -2.28. The van der Waals surface area contributed by atoms with Gasteiger partial charge in [0.05, 0.1) is 12.2 Å². The van der Waals surface area contributed by atoms with Crippen LogP contribution in [0, 0.1) is 23.7 Å². The Labute approximate surface area is 203 Å². The second-order valence-corrected chi connectivity index (χ2v) is 9.91. The lowest BCUT2D eigenvalue weighted by atomic mass is 10.1. The number of likely N-dealkylation sites (tertiary alicyclic amines) is 1. The summed E-state index contributed by atoms with van der Waals surface area (Å²) in [6.45, 7) is 2.45. The number of nitrogen functional groups attached to an aromatic ring is 1. The molecular formula is C27H28FN5O2. The third kappa shape index (κ3) is 4.15. The Bertz CT molecular complexity index is 1310. The molecule has 2 atom stereocenters. The Morgan fingerprint density at radius 3 is 2.77 bits per heavy atom. The van der Waals surface area contributed by atoms with Crippen LogP contribution in [0.15, 0.2) is 48.9 Å². The Kier molecular flexibility index (Phi) is 5.28. The Morgan fingerprint density at radius 1 is 1.20 bits per heavy atom. The van der Waals surface area contributed by atoms with Gasteiger partial charge in [0.1, 0.15) is 18.4 Å². The molecule has 1 aliphatic heterocycles. The van der Waals surface area contributed by atoms with Gasteiger partial charge in [-0.05, 0) is 56.7 Å². The second kappa shape index (κ2) is 8.36. The minimum Gasteiger partial charge on any atom is -0.485 e. The van der Waals surface area contributed by atoms with Gasteiger partial charge < -0.3 is 20.5 Å². The molecule has 3 N–H and O–H groups in total. The quantitative estimate of drug-likeness (QED) is 0.554. The summed E-state index contributed by atoms with van der Waals surface area (Å²) in [5.41, 5.74) is 8.49. The fourth-order valence-electron chi connectivity index (χ4n) is 4.98. The van der Waals surface area contributed by atoms with Crippen LogP contribution in [0.5, 0.6) is 5.75 Å². The van der Waals surface area contributed by atoms with Crippen LogP contribution in [0.4, 0.5) is 10.2 Å². The van der Waals surface area contributed by atoms with Gasteiger partial charge in [0.15, 0.2) is 11.6 Å². The maximum atomic E-state index is 13.1. The third-order valence-electron chi connectivity index (χ3n) is 7.45. The largest absolute Gasteiger partial charge is 0.485 e. The fourth-order valence-corrected chi connectivity index (χ4v) is 4.98. The average molecular weight is 474 g/mol. The van der Waals surface area contributed by atoms with Gasteiger partial charge in [-0.2, -0.15) is 5.10 Å². The van der Waals surface area contributed by atoms with Crippen LogP contribution in [0.1, 0.15) is 30.0 Å². The molecule has 7 nitrogen and oxygen atoms in total. The van der Waals surface area contributed by atoms with E-state index in [4.69, 9.17) is 10.5 Å². The number of piperidine rings is 1. The molecule has 0 amide bonds. The second-order valence-electron chi connectivity index (χ2n) is 9.91. The Balaban J connectivity index is 1.12. The first-order valence-corrected chi connectivity index (χ1v) is 12.0. The normalized spacial score (nSPS) is 27.6. The summed E-state index contributed by atoms with van der Waals surface area (Å²) in [6.07, 6.45) is 6.97. The smallest absolute Gasteiger partial charge is 0.166 e. The van der Waals surface area contributed by atoms with Crippen molar-refractivity contribution in [2.24, 2.45) is 11.8 Å². The monoisotopic (exact) mass is 473 g/mol. The van der Waals surface area contributed by atoms with E-state index < -0.39 is 11.8 Å². The van der Waals surface area contributed by atoms with Crippen molar-refractivity contribution in [1.82, 2.24) is 19.7 Å². The van der Waals surface area contributed by atoms with E-state index in [1.54, 1.807) is 6.20 Å². The number of hydrogen-bond acceptors (Lipinski definition) is 6. The number of hydrogen-bond donors (Lipinski definition) is 2. The van der Waals surface area contributed by atoms with E-state index in [-0.39, 0.29) is 11.8 Å². The van der Waals surface area contributed by atoms with E-state index in [0.717, 1.165) is 48.2 Å². The topological polar surface area (TPSA) is 89.4 Å². The number of aromatic nitrogens is 3. The summed E-state index contributed by atoms with van der Waals surface area (Å²) < 4.78 is 21.2. The van der Waals surface area contributed by atoms with Gasteiger partial charge in [0, 0.05) is 40.9 Å². The highest BCUT2D eigenvalue weighted by Crippen LogP contribution is 2.72. The Hall–Kier alpha value is -3.41. The molecule has 180 valence electrons. The summed E-state index contributed by atoms with van der Waals surface area (Å²) in [5, 5.41) is 14.8. The molecule has 1 aromatic carbocycles. The third-order valence-corrected chi connectivity index (χ3v) is 7.45. The van der Waals surface area contributed by atoms with Gasteiger partial charge in [-0.25, -0.2) is 9.37 Å². The van der Waals surface area contributed by atoms with Gasteiger partial charge in [-0.1, -0.05) is 24.0 Å². The van der Waals surface area contributed by atoms with Crippen molar-refractivity contribution >= 4 is 5.82 Å². The predicted molar refractivity (Wildman–Crippen MR) is 130 cm³/mol. The zero-order chi connectivity index (χ0) is 24.2. The van der Waals surface area contributed by atoms with E-state index in [0.29, 0.717) is 24.2 Å². The van der Waals surface area contributed by atoms with Crippen LogP contribution in [0.25, 0.3) is 11.1 Å². The van der Waals surface area contributed by atoms with Crippen molar-refractivity contribution in [3.05, 3.63) is 60.0 Å². The van der Waals surface area contributed by atoms with Crippen LogP contribution in [-0.4, -0.2) is 56.7 Å². The van der Waals surface area contributed by atoms with Crippen LogP contribution in [0.3, 0.4) is 0 Å². The van der Waals surface area contributed by atoms with Crippen LogP contribution >= 0.6 is 0 Å². The first kappa shape index (κ1) is 22.1. The highest BCUT2D eigenvalue weighted by molar-refractivity contribution is 5.65. The van der Waals surface area contributed by atoms with Crippen molar-refractivity contribution in [2.45, 2.75) is 37.3 Å². The molecule has 0 radical (unpaired) electrons. The molecule has 6 rings (SSSR count). The van der Waals surface area contributed by atoms with Crippen molar-refractivity contribution in [3.63, 3.8) is 0 Å². The first-order chi connectivity index (χ1) is 16.9. The van der Waals surface area contributed by atoms with Crippen molar-refractivity contribution in [1.29, 1.82) is 0 Å². The minimum absolute atomic E-state index is 0.291. The molecular weight excluding hydrogens is 445 g/mol. The summed E-state index contributed by atoms with van der Waals surface area (Å²) in [7, 11) is 2.15. The van der Waals surface area contributed by atoms with Crippen molar-refractivity contribution in [3.8, 4) is 28.7 Å². The van der Waals surface area contributed by atoms with Gasteiger partial charge in [-0.3, -0.25) is 4.68 Å². The van der Waals surface area contributed by atoms with Crippen LogP contribution in [-0.2, 0) is 6.61 Å². The van der Waals surface area contributed by atoms with Crippen LogP contribution in [0.2, 0.25) is 0 Å². The summed E-state index contributed by atoms with van der Waals surface area (Å²) >= 11 is 0. The lowest BCUT2D eigenvalue weighted by Crippen LogP contribution is -2.31. The van der Waals surface area contributed by atoms with Crippen molar-refractivity contribution < 1.29 is 14.2 Å². The summed E-state index contributed by atoms with van der Waals surface area (Å²) in [5.74, 6) is 6.04. The Morgan fingerprint density at radius 2 is 2.00 bits per heavy atom. The van der Waals surface area contributed by atoms with Gasteiger partial charge in [0.2, 0.25) is 0 Å². The number of anilines is 1. The maximum absolute atomic E-state index is 13.1. The number of pyridine rings is 1. The zero-order valence-electron chi connectivity index (χ0n) is 19.6. The lowest BCUT2D eigenvalue weighted by molar-refractivity contribution is 0.109. The number of alkyl halides is 1. The molecule has 8 heteroatoms. The number of benzene rings is 1. The van der Waals surface area contributed by atoms with Crippen LogP contribution < -0.4 is 10.5 Å². The molecule has 0 bridgehead atoms.